The minimum Gasteiger partial charge on any atom is -0.296 e. The smallest absolute Gasteiger partial charge is 0.181 e. The number of halogens is 4. The number of benzene rings is 1. The van der Waals surface area contributed by atoms with Crippen LogP contribution in [0.25, 0.3) is 17.2 Å². The average molecular weight is 480 g/mol. The summed E-state index contributed by atoms with van der Waals surface area (Å²) >= 11 is 6.82. The van der Waals surface area contributed by atoms with Gasteiger partial charge in [0.25, 0.3) is 0 Å². The zero-order chi connectivity index (χ0) is 23.4. The highest BCUT2D eigenvalue weighted by Gasteiger charge is 2.18. The molecule has 0 fully saturated rings. The normalized spacial score (nSPS) is 10.7. The van der Waals surface area contributed by atoms with E-state index in [1.54, 1.807) is 6.26 Å². The lowest BCUT2D eigenvalue weighted by molar-refractivity contribution is 0.111. The van der Waals surface area contributed by atoms with Gasteiger partial charge in [-0.05, 0) is 24.0 Å². The standard InChI is InChI=1S/C19H11ClF3N5OS.C2H6/c1-30-16-4-11(21)9(2-12(16)22)3-14-19-25-5-10(8-29)28(19)7-15(26-14)18-24-6-13(23)17(20)27-18;1-2/h2,4-8H,3H2,1H3;1-2H3. The molecule has 0 aliphatic carbocycles. The van der Waals surface area contributed by atoms with Gasteiger partial charge in [0.1, 0.15) is 23.0 Å². The number of carbonyl (C=O) groups is 1. The maximum absolute atomic E-state index is 14.5. The van der Waals surface area contributed by atoms with Crippen LogP contribution in [-0.4, -0.2) is 36.9 Å². The van der Waals surface area contributed by atoms with Crippen LogP contribution >= 0.6 is 23.4 Å². The van der Waals surface area contributed by atoms with E-state index in [0.29, 0.717) is 6.29 Å². The first-order chi connectivity index (χ1) is 15.4. The largest absolute Gasteiger partial charge is 0.296 e. The lowest BCUT2D eigenvalue weighted by Gasteiger charge is -2.10. The average Bonchev–Trinajstić information content (AvgIpc) is 3.22. The molecule has 0 N–H and O–H groups in total. The molecule has 0 aliphatic rings. The fraction of sp³-hybridized carbons (Fsp3) is 0.190. The van der Waals surface area contributed by atoms with Gasteiger partial charge < -0.3 is 0 Å². The van der Waals surface area contributed by atoms with Crippen molar-refractivity contribution in [3.63, 3.8) is 0 Å². The van der Waals surface area contributed by atoms with Crippen LogP contribution in [0.3, 0.4) is 0 Å². The van der Waals surface area contributed by atoms with Gasteiger partial charge in [0.05, 0.1) is 18.1 Å². The first-order valence-electron chi connectivity index (χ1n) is 9.43. The predicted molar refractivity (Wildman–Crippen MR) is 117 cm³/mol. The summed E-state index contributed by atoms with van der Waals surface area (Å²) in [4.78, 5) is 27.8. The number of aldehydes is 1. The molecule has 0 unspecified atom stereocenters. The van der Waals surface area contributed by atoms with Gasteiger partial charge in [-0.25, -0.2) is 33.1 Å². The van der Waals surface area contributed by atoms with Crippen molar-refractivity contribution in [2.24, 2.45) is 0 Å². The number of hydrogen-bond acceptors (Lipinski definition) is 6. The van der Waals surface area contributed by atoms with Gasteiger partial charge >= 0.3 is 0 Å². The number of imidazole rings is 1. The van der Waals surface area contributed by atoms with Gasteiger partial charge in [0.2, 0.25) is 0 Å². The molecule has 3 aromatic heterocycles. The zero-order valence-corrected chi connectivity index (χ0v) is 18.8. The fourth-order valence-electron chi connectivity index (χ4n) is 2.90. The highest BCUT2D eigenvalue weighted by Crippen LogP contribution is 2.26. The summed E-state index contributed by atoms with van der Waals surface area (Å²) in [6.07, 6.45) is 5.77. The summed E-state index contributed by atoms with van der Waals surface area (Å²) in [6.45, 7) is 4.00. The molecule has 6 nitrogen and oxygen atoms in total. The summed E-state index contributed by atoms with van der Waals surface area (Å²) < 4.78 is 43.6. The molecule has 0 radical (unpaired) electrons. The molecule has 166 valence electrons. The number of hydrogen-bond donors (Lipinski definition) is 0. The monoisotopic (exact) mass is 479 g/mol. The summed E-state index contributed by atoms with van der Waals surface area (Å²) in [5, 5.41) is -0.398. The van der Waals surface area contributed by atoms with Crippen molar-refractivity contribution in [3.05, 3.63) is 70.3 Å². The number of rotatable bonds is 5. The van der Waals surface area contributed by atoms with Crippen LogP contribution in [0.4, 0.5) is 13.2 Å². The van der Waals surface area contributed by atoms with Crippen LogP contribution < -0.4 is 0 Å². The van der Waals surface area contributed by atoms with Crippen LogP contribution in [0.5, 0.6) is 0 Å². The summed E-state index contributed by atoms with van der Waals surface area (Å²) in [5.74, 6) is -1.96. The Balaban J connectivity index is 0.00000141. The van der Waals surface area contributed by atoms with E-state index in [0.717, 1.165) is 30.1 Å². The van der Waals surface area contributed by atoms with Crippen LogP contribution in [0, 0.1) is 17.5 Å². The third-order valence-corrected chi connectivity index (χ3v) is 5.34. The molecule has 0 saturated heterocycles. The number of thioether (sulfide) groups is 1. The van der Waals surface area contributed by atoms with Crippen molar-refractivity contribution < 1.29 is 18.0 Å². The second-order valence-corrected chi connectivity index (χ2v) is 7.36. The van der Waals surface area contributed by atoms with Crippen molar-refractivity contribution in [2.75, 3.05) is 6.26 Å². The zero-order valence-electron chi connectivity index (χ0n) is 17.2. The Morgan fingerprint density at radius 1 is 1.06 bits per heavy atom. The topological polar surface area (TPSA) is 73.0 Å². The van der Waals surface area contributed by atoms with Gasteiger partial charge in [-0.15, -0.1) is 11.8 Å². The lowest BCUT2D eigenvalue weighted by Crippen LogP contribution is -2.05. The van der Waals surface area contributed by atoms with E-state index in [4.69, 9.17) is 11.6 Å². The summed E-state index contributed by atoms with van der Waals surface area (Å²) in [7, 11) is 0. The molecule has 3 heterocycles. The Hall–Kier alpha value is -2.98. The predicted octanol–water partition coefficient (Wildman–Crippen LogP) is 5.41. The van der Waals surface area contributed by atoms with Gasteiger partial charge in [0, 0.05) is 17.5 Å². The molecule has 4 rings (SSSR count). The van der Waals surface area contributed by atoms with Crippen molar-refractivity contribution in [2.45, 2.75) is 25.2 Å². The molecular weight excluding hydrogens is 463 g/mol. The Kier molecular flexibility index (Phi) is 7.47. The molecule has 1 aromatic carbocycles. The Morgan fingerprint density at radius 3 is 2.47 bits per heavy atom. The summed E-state index contributed by atoms with van der Waals surface area (Å²) in [5.41, 5.74) is 0.947. The fourth-order valence-corrected chi connectivity index (χ4v) is 3.50. The second-order valence-electron chi connectivity index (χ2n) is 6.15. The molecule has 0 atom stereocenters. The third-order valence-electron chi connectivity index (χ3n) is 4.32. The third kappa shape index (κ3) is 4.61. The Bertz CT molecular complexity index is 1300. The number of nitrogens with zero attached hydrogens (tertiary/aromatic N) is 5. The first-order valence-corrected chi connectivity index (χ1v) is 11.0. The molecule has 0 saturated carbocycles. The molecule has 0 aliphatic heterocycles. The quantitative estimate of drug-likeness (QED) is 0.216. The van der Waals surface area contributed by atoms with Crippen molar-refractivity contribution >= 4 is 35.3 Å². The minimum absolute atomic E-state index is 0.000479. The second kappa shape index (κ2) is 10.1. The van der Waals surface area contributed by atoms with Crippen molar-refractivity contribution in [3.8, 4) is 11.5 Å². The van der Waals surface area contributed by atoms with Crippen LogP contribution in [-0.2, 0) is 6.42 Å². The molecule has 32 heavy (non-hydrogen) atoms. The van der Waals surface area contributed by atoms with E-state index in [2.05, 4.69) is 19.9 Å². The highest BCUT2D eigenvalue weighted by molar-refractivity contribution is 7.98. The maximum Gasteiger partial charge on any atom is 0.181 e. The first kappa shape index (κ1) is 23.7. The maximum atomic E-state index is 14.5. The Labute approximate surface area is 190 Å². The Morgan fingerprint density at radius 2 is 1.81 bits per heavy atom. The number of fused-ring (bicyclic) bond motifs is 1. The summed E-state index contributed by atoms with van der Waals surface area (Å²) in [6, 6.07) is 2.21. The molecule has 0 spiro atoms. The lowest BCUT2D eigenvalue weighted by atomic mass is 10.1. The van der Waals surface area contributed by atoms with Crippen molar-refractivity contribution in [1.82, 2.24) is 24.3 Å². The number of aromatic nitrogens is 5. The van der Waals surface area contributed by atoms with E-state index < -0.39 is 22.6 Å². The van der Waals surface area contributed by atoms with E-state index in [1.165, 1.54) is 16.8 Å². The number of carbonyl (C=O) groups excluding carboxylic acids is 1. The van der Waals surface area contributed by atoms with Gasteiger partial charge in [0.15, 0.2) is 28.7 Å². The molecule has 0 bridgehead atoms. The molecular formula is C21H17ClF3N5OS. The van der Waals surface area contributed by atoms with Crippen LogP contribution in [0.1, 0.15) is 35.6 Å². The van der Waals surface area contributed by atoms with Crippen LogP contribution in [0.2, 0.25) is 5.15 Å². The van der Waals surface area contributed by atoms with E-state index >= 15 is 0 Å². The SMILES string of the molecule is CC.CSc1cc(F)c(Cc2nc(-c3ncc(F)c(Cl)n3)cn3c(C=O)cnc23)cc1F. The van der Waals surface area contributed by atoms with Crippen LogP contribution in [0.15, 0.2) is 35.6 Å². The van der Waals surface area contributed by atoms with E-state index in [9.17, 15) is 18.0 Å². The van der Waals surface area contributed by atoms with E-state index in [1.807, 2.05) is 13.8 Å². The minimum atomic E-state index is -0.802. The molecule has 11 heteroatoms. The molecule has 4 aromatic rings. The van der Waals surface area contributed by atoms with E-state index in [-0.39, 0.29) is 45.4 Å². The van der Waals surface area contributed by atoms with Gasteiger partial charge in [-0.3, -0.25) is 9.20 Å². The van der Waals surface area contributed by atoms with Gasteiger partial charge in [-0.1, -0.05) is 25.4 Å². The highest BCUT2D eigenvalue weighted by atomic mass is 35.5. The van der Waals surface area contributed by atoms with Crippen molar-refractivity contribution in [1.29, 1.82) is 0 Å². The van der Waals surface area contributed by atoms with Gasteiger partial charge in [-0.2, -0.15) is 0 Å². The molecule has 0 amide bonds.